The summed E-state index contributed by atoms with van der Waals surface area (Å²) in [6.45, 7) is 5.94. The van der Waals surface area contributed by atoms with Crippen molar-refractivity contribution in [3.63, 3.8) is 0 Å². The topological polar surface area (TPSA) is 35.5 Å². The van der Waals surface area contributed by atoms with E-state index in [0.717, 1.165) is 24.5 Å². The molecule has 1 fully saturated rings. The Bertz CT molecular complexity index is 408. The molecule has 3 heteroatoms. The summed E-state index contributed by atoms with van der Waals surface area (Å²) in [4.78, 5) is 11.0. The SMILES string of the molecule is CC(=O)Cc1cccc(OCC2(C)COC2)c1. The molecule has 0 radical (unpaired) electrons. The zero-order chi connectivity index (χ0) is 12.3. The van der Waals surface area contributed by atoms with E-state index >= 15 is 0 Å². The number of hydrogen-bond donors (Lipinski definition) is 0. The van der Waals surface area contributed by atoms with Crippen molar-refractivity contribution in [1.29, 1.82) is 0 Å². The van der Waals surface area contributed by atoms with E-state index in [1.54, 1.807) is 6.92 Å². The summed E-state index contributed by atoms with van der Waals surface area (Å²) in [7, 11) is 0. The largest absolute Gasteiger partial charge is 0.493 e. The third kappa shape index (κ3) is 3.30. The van der Waals surface area contributed by atoms with Crippen molar-refractivity contribution in [3.05, 3.63) is 29.8 Å². The zero-order valence-electron chi connectivity index (χ0n) is 10.4. The van der Waals surface area contributed by atoms with Crippen LogP contribution in [0.25, 0.3) is 0 Å². The number of carbonyl (C=O) groups excluding carboxylic acids is 1. The third-order valence-corrected chi connectivity index (χ3v) is 2.84. The molecule has 0 N–H and O–H groups in total. The lowest BCUT2D eigenvalue weighted by molar-refractivity contribution is -0.120. The summed E-state index contributed by atoms with van der Waals surface area (Å²) in [6, 6.07) is 7.73. The standard InChI is InChI=1S/C14H18O3/c1-11(15)6-12-4-3-5-13(7-12)17-10-14(2)8-16-9-14/h3-5,7H,6,8-10H2,1-2H3. The maximum absolute atomic E-state index is 11.0. The van der Waals surface area contributed by atoms with Crippen LogP contribution in [0.2, 0.25) is 0 Å². The van der Waals surface area contributed by atoms with E-state index in [2.05, 4.69) is 6.92 Å². The van der Waals surface area contributed by atoms with Crippen LogP contribution in [-0.2, 0) is 16.0 Å². The molecular weight excluding hydrogens is 216 g/mol. The molecule has 3 nitrogen and oxygen atoms in total. The summed E-state index contributed by atoms with van der Waals surface area (Å²) in [5.41, 5.74) is 1.15. The van der Waals surface area contributed by atoms with Gasteiger partial charge in [-0.05, 0) is 24.6 Å². The number of benzene rings is 1. The van der Waals surface area contributed by atoms with Gasteiger partial charge in [-0.25, -0.2) is 0 Å². The van der Waals surface area contributed by atoms with E-state index in [1.165, 1.54) is 0 Å². The first-order chi connectivity index (χ1) is 8.07. The van der Waals surface area contributed by atoms with E-state index in [0.29, 0.717) is 13.0 Å². The predicted molar refractivity (Wildman–Crippen MR) is 65.2 cm³/mol. The van der Waals surface area contributed by atoms with E-state index in [4.69, 9.17) is 9.47 Å². The lowest BCUT2D eigenvalue weighted by Gasteiger charge is -2.37. The fraction of sp³-hybridized carbons (Fsp3) is 0.500. The number of hydrogen-bond acceptors (Lipinski definition) is 3. The molecule has 92 valence electrons. The highest BCUT2D eigenvalue weighted by Crippen LogP contribution is 2.27. The quantitative estimate of drug-likeness (QED) is 0.783. The third-order valence-electron chi connectivity index (χ3n) is 2.84. The lowest BCUT2D eigenvalue weighted by atomic mass is 9.90. The molecular formula is C14H18O3. The Morgan fingerprint density at radius 3 is 2.82 bits per heavy atom. The molecule has 1 aliphatic rings. The van der Waals surface area contributed by atoms with Crippen molar-refractivity contribution < 1.29 is 14.3 Å². The Balaban J connectivity index is 1.93. The molecule has 0 aromatic heterocycles. The molecule has 0 saturated carbocycles. The van der Waals surface area contributed by atoms with Gasteiger partial charge in [0, 0.05) is 11.8 Å². The molecule has 0 bridgehead atoms. The molecule has 1 aromatic carbocycles. The van der Waals surface area contributed by atoms with Gasteiger partial charge in [0.15, 0.2) is 0 Å². The van der Waals surface area contributed by atoms with Crippen molar-refractivity contribution in [3.8, 4) is 5.75 Å². The van der Waals surface area contributed by atoms with E-state index < -0.39 is 0 Å². The van der Waals surface area contributed by atoms with E-state index in [1.807, 2.05) is 24.3 Å². The Labute approximate surface area is 102 Å². The first-order valence-corrected chi connectivity index (χ1v) is 5.86. The maximum atomic E-state index is 11.0. The van der Waals surface area contributed by atoms with Crippen LogP contribution in [0.5, 0.6) is 5.75 Å². The van der Waals surface area contributed by atoms with Crippen molar-refractivity contribution in [2.24, 2.45) is 5.41 Å². The van der Waals surface area contributed by atoms with Crippen LogP contribution in [0, 0.1) is 5.41 Å². The van der Waals surface area contributed by atoms with Crippen molar-refractivity contribution >= 4 is 5.78 Å². The monoisotopic (exact) mass is 234 g/mol. The molecule has 0 atom stereocenters. The summed E-state index contributed by atoms with van der Waals surface area (Å²) >= 11 is 0. The van der Waals surface area contributed by atoms with Gasteiger partial charge in [0.05, 0.1) is 19.8 Å². The Hall–Kier alpha value is -1.35. The minimum Gasteiger partial charge on any atom is -0.493 e. The van der Waals surface area contributed by atoms with Gasteiger partial charge in [0.1, 0.15) is 11.5 Å². The minimum absolute atomic E-state index is 0.149. The van der Waals surface area contributed by atoms with Crippen LogP contribution in [0.15, 0.2) is 24.3 Å². The Morgan fingerprint density at radius 1 is 1.47 bits per heavy atom. The molecule has 0 spiro atoms. The second-order valence-electron chi connectivity index (χ2n) is 5.12. The minimum atomic E-state index is 0.149. The van der Waals surface area contributed by atoms with Gasteiger partial charge >= 0.3 is 0 Å². The molecule has 1 aliphatic heterocycles. The lowest BCUT2D eigenvalue weighted by Crippen LogP contribution is -2.44. The van der Waals surface area contributed by atoms with Crippen LogP contribution in [0.3, 0.4) is 0 Å². The molecule has 1 saturated heterocycles. The molecule has 1 heterocycles. The van der Waals surface area contributed by atoms with Crippen LogP contribution in [-0.4, -0.2) is 25.6 Å². The van der Waals surface area contributed by atoms with E-state index in [-0.39, 0.29) is 11.2 Å². The van der Waals surface area contributed by atoms with E-state index in [9.17, 15) is 4.79 Å². The maximum Gasteiger partial charge on any atom is 0.134 e. The van der Waals surface area contributed by atoms with Crippen LogP contribution >= 0.6 is 0 Å². The van der Waals surface area contributed by atoms with Gasteiger partial charge in [-0.3, -0.25) is 4.79 Å². The van der Waals surface area contributed by atoms with Crippen LogP contribution in [0.1, 0.15) is 19.4 Å². The van der Waals surface area contributed by atoms with Crippen LogP contribution in [0.4, 0.5) is 0 Å². The first kappa shape index (κ1) is 12.1. The smallest absolute Gasteiger partial charge is 0.134 e. The summed E-state index contributed by atoms with van der Waals surface area (Å²) in [5.74, 6) is 0.998. The summed E-state index contributed by atoms with van der Waals surface area (Å²) in [5, 5.41) is 0. The normalized spacial score (nSPS) is 17.3. The van der Waals surface area contributed by atoms with Gasteiger partial charge < -0.3 is 9.47 Å². The van der Waals surface area contributed by atoms with Gasteiger partial charge in [0.2, 0.25) is 0 Å². The van der Waals surface area contributed by atoms with Gasteiger partial charge in [0.25, 0.3) is 0 Å². The fourth-order valence-electron chi connectivity index (χ4n) is 1.82. The average Bonchev–Trinajstić information content (AvgIpc) is 2.23. The summed E-state index contributed by atoms with van der Waals surface area (Å²) < 4.78 is 10.9. The van der Waals surface area contributed by atoms with Gasteiger partial charge in [-0.2, -0.15) is 0 Å². The fourth-order valence-corrected chi connectivity index (χ4v) is 1.82. The highest BCUT2D eigenvalue weighted by atomic mass is 16.5. The highest BCUT2D eigenvalue weighted by Gasteiger charge is 2.34. The molecule has 0 amide bonds. The zero-order valence-corrected chi connectivity index (χ0v) is 10.4. The molecule has 1 aromatic rings. The molecule has 0 aliphatic carbocycles. The second-order valence-corrected chi connectivity index (χ2v) is 5.12. The number of ether oxygens (including phenoxy) is 2. The Morgan fingerprint density at radius 2 is 2.24 bits per heavy atom. The summed E-state index contributed by atoms with van der Waals surface area (Å²) in [6.07, 6.45) is 0.470. The molecule has 17 heavy (non-hydrogen) atoms. The van der Waals surface area contributed by atoms with Crippen molar-refractivity contribution in [2.45, 2.75) is 20.3 Å². The molecule has 0 unspecified atom stereocenters. The van der Waals surface area contributed by atoms with Gasteiger partial charge in [-0.15, -0.1) is 0 Å². The predicted octanol–water partition coefficient (Wildman–Crippen LogP) is 2.23. The van der Waals surface area contributed by atoms with Crippen LogP contribution < -0.4 is 4.74 Å². The second kappa shape index (κ2) is 4.88. The highest BCUT2D eigenvalue weighted by molar-refractivity contribution is 5.78. The van der Waals surface area contributed by atoms with Gasteiger partial charge in [-0.1, -0.05) is 19.1 Å². The number of Topliss-reactive ketones (excluding diaryl/α,β-unsaturated/α-hetero) is 1. The van der Waals surface area contributed by atoms with Crippen molar-refractivity contribution in [2.75, 3.05) is 19.8 Å². The first-order valence-electron chi connectivity index (χ1n) is 5.86. The number of carbonyl (C=O) groups is 1. The number of ketones is 1. The Kier molecular flexibility index (Phi) is 3.48. The number of rotatable bonds is 5. The average molecular weight is 234 g/mol. The van der Waals surface area contributed by atoms with Crippen molar-refractivity contribution in [1.82, 2.24) is 0 Å². The molecule has 2 rings (SSSR count).